The molecule has 1 aliphatic rings. The highest BCUT2D eigenvalue weighted by molar-refractivity contribution is 5.77. The van der Waals surface area contributed by atoms with Gasteiger partial charge >= 0.3 is 0 Å². The number of nitrogens with one attached hydrogen (secondary N) is 1. The van der Waals surface area contributed by atoms with E-state index in [0.29, 0.717) is 12.2 Å². The van der Waals surface area contributed by atoms with Crippen molar-refractivity contribution in [3.63, 3.8) is 0 Å². The van der Waals surface area contributed by atoms with Gasteiger partial charge in [-0.3, -0.25) is 4.79 Å². The predicted molar refractivity (Wildman–Crippen MR) is 74.9 cm³/mol. The monoisotopic (exact) mass is 280 g/mol. The van der Waals surface area contributed by atoms with E-state index in [9.17, 15) is 9.18 Å². The number of carbonyl (C=O) groups excluding carboxylic acids is 1. The lowest BCUT2D eigenvalue weighted by Gasteiger charge is -2.38. The minimum Gasteiger partial charge on any atom is -0.487 e. The number of rotatable bonds is 3. The van der Waals surface area contributed by atoms with E-state index in [0.717, 1.165) is 5.56 Å². The third-order valence-electron chi connectivity index (χ3n) is 3.28. The molecule has 1 aromatic rings. The van der Waals surface area contributed by atoms with Crippen molar-refractivity contribution in [3.05, 3.63) is 29.6 Å². The lowest BCUT2D eigenvalue weighted by Crippen LogP contribution is -2.42. The highest BCUT2D eigenvalue weighted by atomic mass is 19.1. The van der Waals surface area contributed by atoms with Crippen LogP contribution < -0.4 is 15.8 Å². The van der Waals surface area contributed by atoms with Gasteiger partial charge in [-0.25, -0.2) is 4.39 Å². The Hall–Kier alpha value is -1.62. The van der Waals surface area contributed by atoms with Crippen LogP contribution in [-0.4, -0.2) is 17.6 Å². The molecule has 0 aromatic heterocycles. The molecule has 2 atom stereocenters. The molecule has 4 nitrogen and oxygen atoms in total. The van der Waals surface area contributed by atoms with Gasteiger partial charge in [-0.1, -0.05) is 6.07 Å². The number of halogens is 1. The normalized spacial score (nSPS) is 21.6. The van der Waals surface area contributed by atoms with Crippen LogP contribution in [-0.2, 0) is 4.79 Å². The topological polar surface area (TPSA) is 64.4 Å². The summed E-state index contributed by atoms with van der Waals surface area (Å²) in [6.45, 7) is 5.63. The van der Waals surface area contributed by atoms with Crippen molar-refractivity contribution >= 4 is 5.91 Å². The number of nitrogens with two attached hydrogens (primary N) is 1. The van der Waals surface area contributed by atoms with Gasteiger partial charge in [0.1, 0.15) is 17.2 Å². The lowest BCUT2D eigenvalue weighted by molar-refractivity contribution is -0.122. The zero-order chi connectivity index (χ0) is 14.9. The SMILES string of the molecule is CC(N)CC(=O)NC1CC(C)(C)Oc2cc(F)ccc21. The quantitative estimate of drug-likeness (QED) is 0.892. The first kappa shape index (κ1) is 14.8. The van der Waals surface area contributed by atoms with Gasteiger partial charge in [0.25, 0.3) is 0 Å². The van der Waals surface area contributed by atoms with Gasteiger partial charge in [-0.15, -0.1) is 0 Å². The maximum atomic E-state index is 13.3. The highest BCUT2D eigenvalue weighted by Gasteiger charge is 2.34. The van der Waals surface area contributed by atoms with Crippen LogP contribution in [0.1, 0.15) is 45.2 Å². The summed E-state index contributed by atoms with van der Waals surface area (Å²) in [5.41, 5.74) is 5.99. The summed E-state index contributed by atoms with van der Waals surface area (Å²) in [6, 6.07) is 4.04. The van der Waals surface area contributed by atoms with Crippen molar-refractivity contribution in [2.45, 2.75) is 51.3 Å². The van der Waals surface area contributed by atoms with E-state index in [1.54, 1.807) is 13.0 Å². The molecular weight excluding hydrogens is 259 g/mol. The fourth-order valence-electron chi connectivity index (χ4n) is 2.50. The van der Waals surface area contributed by atoms with Crippen LogP contribution in [0.4, 0.5) is 4.39 Å². The van der Waals surface area contributed by atoms with Crippen molar-refractivity contribution in [1.82, 2.24) is 5.32 Å². The van der Waals surface area contributed by atoms with E-state index in [4.69, 9.17) is 10.5 Å². The first-order valence-corrected chi connectivity index (χ1v) is 6.80. The van der Waals surface area contributed by atoms with Crippen molar-refractivity contribution < 1.29 is 13.9 Å². The first-order chi connectivity index (χ1) is 9.27. The van der Waals surface area contributed by atoms with Gasteiger partial charge < -0.3 is 15.8 Å². The molecule has 0 saturated heterocycles. The second-order valence-corrected chi connectivity index (χ2v) is 6.05. The van der Waals surface area contributed by atoms with Crippen LogP contribution in [0.2, 0.25) is 0 Å². The van der Waals surface area contributed by atoms with Crippen LogP contribution in [0.25, 0.3) is 0 Å². The Morgan fingerprint density at radius 1 is 1.60 bits per heavy atom. The van der Waals surface area contributed by atoms with Crippen LogP contribution in [0.3, 0.4) is 0 Å². The molecular formula is C15H21FN2O2. The maximum absolute atomic E-state index is 13.3. The number of amides is 1. The average Bonchev–Trinajstić information content (AvgIpc) is 2.24. The van der Waals surface area contributed by atoms with E-state index in [1.165, 1.54) is 12.1 Å². The largest absolute Gasteiger partial charge is 0.487 e. The predicted octanol–water partition coefficient (Wildman–Crippen LogP) is 2.28. The molecule has 0 saturated carbocycles. The van der Waals surface area contributed by atoms with Crippen LogP contribution >= 0.6 is 0 Å². The van der Waals surface area contributed by atoms with Gasteiger partial charge in [0, 0.05) is 30.5 Å². The fourth-order valence-corrected chi connectivity index (χ4v) is 2.50. The number of fused-ring (bicyclic) bond motifs is 1. The number of benzene rings is 1. The van der Waals surface area contributed by atoms with Crippen LogP contribution in [0.15, 0.2) is 18.2 Å². The van der Waals surface area contributed by atoms with Gasteiger partial charge in [0.2, 0.25) is 5.91 Å². The number of carbonyl (C=O) groups is 1. The minimum atomic E-state index is -0.451. The zero-order valence-electron chi connectivity index (χ0n) is 12.1. The molecule has 0 aliphatic carbocycles. The van der Waals surface area contributed by atoms with Crippen LogP contribution in [0.5, 0.6) is 5.75 Å². The molecule has 1 aromatic carbocycles. The zero-order valence-corrected chi connectivity index (χ0v) is 12.1. The molecule has 1 aliphatic heterocycles. The van der Waals surface area contributed by atoms with Gasteiger partial charge in [0.15, 0.2) is 0 Å². The standard InChI is InChI=1S/C15H21FN2O2/c1-9(17)6-14(19)18-12-8-15(2,3)20-13-7-10(16)4-5-11(12)13/h4-5,7,9,12H,6,8,17H2,1-3H3,(H,18,19). The molecule has 20 heavy (non-hydrogen) atoms. The van der Waals surface area contributed by atoms with Crippen molar-refractivity contribution in [3.8, 4) is 5.75 Å². The maximum Gasteiger partial charge on any atom is 0.222 e. The van der Waals surface area contributed by atoms with E-state index >= 15 is 0 Å². The van der Waals surface area contributed by atoms with E-state index in [1.807, 2.05) is 13.8 Å². The summed E-state index contributed by atoms with van der Waals surface area (Å²) in [5.74, 6) is 0.0485. The number of hydrogen-bond acceptors (Lipinski definition) is 3. The van der Waals surface area contributed by atoms with Gasteiger partial charge in [0.05, 0.1) is 6.04 Å². The van der Waals surface area contributed by atoms with E-state index in [-0.39, 0.29) is 30.2 Å². The molecule has 1 heterocycles. The summed E-state index contributed by atoms with van der Waals surface area (Å²) >= 11 is 0. The summed E-state index contributed by atoms with van der Waals surface area (Å²) in [5, 5.41) is 2.96. The molecule has 2 rings (SSSR count). The molecule has 3 N–H and O–H groups in total. The second-order valence-electron chi connectivity index (χ2n) is 6.05. The molecule has 0 spiro atoms. The number of ether oxygens (including phenoxy) is 1. The minimum absolute atomic E-state index is 0.0991. The van der Waals surface area contributed by atoms with Crippen molar-refractivity contribution in [2.24, 2.45) is 5.73 Å². The van der Waals surface area contributed by atoms with Crippen molar-refractivity contribution in [2.75, 3.05) is 0 Å². The summed E-state index contributed by atoms with van der Waals surface area (Å²) < 4.78 is 19.1. The Bertz CT molecular complexity index is 515. The molecule has 110 valence electrons. The smallest absolute Gasteiger partial charge is 0.222 e. The third kappa shape index (κ3) is 3.48. The van der Waals surface area contributed by atoms with E-state index < -0.39 is 5.60 Å². The van der Waals surface area contributed by atoms with Gasteiger partial charge in [-0.05, 0) is 26.8 Å². The number of hydrogen-bond donors (Lipinski definition) is 2. The third-order valence-corrected chi connectivity index (χ3v) is 3.28. The Morgan fingerprint density at radius 2 is 2.30 bits per heavy atom. The Balaban J connectivity index is 2.23. The van der Waals surface area contributed by atoms with Crippen molar-refractivity contribution in [1.29, 1.82) is 0 Å². The molecule has 1 amide bonds. The Morgan fingerprint density at radius 3 is 2.95 bits per heavy atom. The molecule has 5 heteroatoms. The molecule has 2 unspecified atom stereocenters. The summed E-state index contributed by atoms with van der Waals surface area (Å²) in [4.78, 5) is 11.9. The highest BCUT2D eigenvalue weighted by Crippen LogP contribution is 2.39. The first-order valence-electron chi connectivity index (χ1n) is 6.80. The van der Waals surface area contributed by atoms with E-state index in [2.05, 4.69) is 5.32 Å². The summed E-state index contributed by atoms with van der Waals surface area (Å²) in [6.07, 6.45) is 0.907. The average molecular weight is 280 g/mol. The Labute approximate surface area is 118 Å². The Kier molecular flexibility index (Phi) is 3.99. The fraction of sp³-hybridized carbons (Fsp3) is 0.533. The summed E-state index contributed by atoms with van der Waals surface area (Å²) in [7, 11) is 0. The van der Waals surface area contributed by atoms with Gasteiger partial charge in [-0.2, -0.15) is 0 Å². The molecule has 0 radical (unpaired) electrons. The molecule has 0 bridgehead atoms. The van der Waals surface area contributed by atoms with Crippen LogP contribution in [0, 0.1) is 5.82 Å². The lowest BCUT2D eigenvalue weighted by atomic mass is 9.89. The molecule has 0 fully saturated rings. The second kappa shape index (κ2) is 5.40.